The van der Waals surface area contributed by atoms with E-state index in [0.29, 0.717) is 36.9 Å². The third-order valence-corrected chi connectivity index (χ3v) is 4.17. The van der Waals surface area contributed by atoms with Gasteiger partial charge in [-0.25, -0.2) is 10.3 Å². The van der Waals surface area contributed by atoms with Crippen LogP contribution in [0.15, 0.2) is 29.3 Å². The number of amidine groups is 1. The van der Waals surface area contributed by atoms with E-state index in [1.54, 1.807) is 22.5 Å². The number of aliphatic imine (C=N–C) groups is 1. The number of benzene rings is 1. The lowest BCUT2D eigenvalue weighted by Crippen LogP contribution is -2.42. The molecule has 0 unspecified atom stereocenters. The van der Waals surface area contributed by atoms with Crippen LogP contribution in [0.2, 0.25) is 5.02 Å². The Morgan fingerprint density at radius 3 is 2.60 bits per heavy atom. The first kappa shape index (κ1) is 19.2. The van der Waals surface area contributed by atoms with E-state index in [-0.39, 0.29) is 11.9 Å². The van der Waals surface area contributed by atoms with Gasteiger partial charge in [-0.3, -0.25) is 19.9 Å². The Morgan fingerprint density at radius 2 is 1.88 bits per heavy atom. The summed E-state index contributed by atoms with van der Waals surface area (Å²) in [7, 11) is 0. The summed E-state index contributed by atoms with van der Waals surface area (Å²) in [5.41, 5.74) is 2.49. The molecule has 0 spiro atoms. The van der Waals surface area contributed by atoms with Crippen LogP contribution in [0.4, 0.5) is 4.79 Å². The molecule has 1 aromatic carbocycles. The molecule has 0 aromatic heterocycles. The minimum atomic E-state index is -0.364. The van der Waals surface area contributed by atoms with E-state index in [1.807, 2.05) is 12.1 Å². The van der Waals surface area contributed by atoms with Crippen molar-refractivity contribution in [3.05, 3.63) is 34.9 Å². The van der Waals surface area contributed by atoms with Gasteiger partial charge in [-0.1, -0.05) is 24.4 Å². The maximum Gasteiger partial charge on any atom is 0.323 e. The second-order valence-corrected chi connectivity index (χ2v) is 6.23. The second kappa shape index (κ2) is 10.0. The van der Waals surface area contributed by atoms with Crippen molar-refractivity contribution < 1.29 is 14.8 Å². The normalized spacial score (nSPS) is 13.5. The molecule has 0 bridgehead atoms. The zero-order valence-corrected chi connectivity index (χ0v) is 14.8. The monoisotopic (exact) mass is 366 g/mol. The number of rotatable bonds is 8. The number of amides is 3. The molecule has 0 radical (unpaired) electrons. The van der Waals surface area contributed by atoms with Crippen molar-refractivity contribution in [1.29, 1.82) is 0 Å². The van der Waals surface area contributed by atoms with Gasteiger partial charge in [-0.2, -0.15) is 0 Å². The van der Waals surface area contributed by atoms with E-state index in [9.17, 15) is 9.59 Å². The Morgan fingerprint density at radius 1 is 1.16 bits per heavy atom. The van der Waals surface area contributed by atoms with E-state index in [1.165, 1.54) is 0 Å². The predicted molar refractivity (Wildman–Crippen MR) is 96.0 cm³/mol. The lowest BCUT2D eigenvalue weighted by molar-refractivity contribution is -0.129. The van der Waals surface area contributed by atoms with Gasteiger partial charge in [0, 0.05) is 30.1 Å². The van der Waals surface area contributed by atoms with Crippen molar-refractivity contribution in [2.24, 2.45) is 4.99 Å². The van der Waals surface area contributed by atoms with Crippen molar-refractivity contribution in [2.75, 3.05) is 19.6 Å². The molecule has 0 fully saturated rings. The van der Waals surface area contributed by atoms with E-state index >= 15 is 0 Å². The van der Waals surface area contributed by atoms with Crippen LogP contribution in [0.1, 0.15) is 37.7 Å². The molecule has 0 aliphatic carbocycles. The summed E-state index contributed by atoms with van der Waals surface area (Å²) in [4.78, 5) is 29.3. The highest BCUT2D eigenvalue weighted by Gasteiger charge is 2.24. The first-order valence-electron chi connectivity index (χ1n) is 8.40. The molecule has 0 atom stereocenters. The number of hydroxylamine groups is 1. The molecule has 1 heterocycles. The number of nitrogens with zero attached hydrogens (tertiary/aromatic N) is 2. The molecule has 1 aliphatic rings. The number of urea groups is 1. The zero-order valence-electron chi connectivity index (χ0n) is 14.0. The van der Waals surface area contributed by atoms with Crippen LogP contribution in [-0.2, 0) is 4.79 Å². The van der Waals surface area contributed by atoms with Gasteiger partial charge >= 0.3 is 6.03 Å². The molecule has 136 valence electrons. The Bertz CT molecular complexity index is 619. The first-order chi connectivity index (χ1) is 12.1. The third-order valence-electron chi connectivity index (χ3n) is 3.92. The Hall–Kier alpha value is -2.12. The highest BCUT2D eigenvalue weighted by Crippen LogP contribution is 2.15. The summed E-state index contributed by atoms with van der Waals surface area (Å²) in [6, 6.07) is 7.13. The zero-order chi connectivity index (χ0) is 18.1. The fourth-order valence-corrected chi connectivity index (χ4v) is 2.73. The molecular formula is C17H23ClN4O3. The van der Waals surface area contributed by atoms with Gasteiger partial charge in [0.1, 0.15) is 5.84 Å². The van der Waals surface area contributed by atoms with Crippen LogP contribution in [0.3, 0.4) is 0 Å². The van der Waals surface area contributed by atoms with Crippen molar-refractivity contribution >= 4 is 29.4 Å². The number of carbonyl (C=O) groups excluding carboxylic acids is 2. The van der Waals surface area contributed by atoms with Gasteiger partial charge in [-0.15, -0.1) is 0 Å². The van der Waals surface area contributed by atoms with Gasteiger partial charge in [0.05, 0.1) is 6.54 Å². The lowest BCUT2D eigenvalue weighted by Gasteiger charge is -2.19. The summed E-state index contributed by atoms with van der Waals surface area (Å²) in [6.07, 6.45) is 3.67. The van der Waals surface area contributed by atoms with E-state index in [0.717, 1.165) is 31.2 Å². The smallest absolute Gasteiger partial charge is 0.323 e. The SMILES string of the molecule is O=C(CCCCCCNC(=O)N1CCN=C1c1ccc(Cl)cc1)NO. The highest BCUT2D eigenvalue weighted by molar-refractivity contribution is 6.30. The van der Waals surface area contributed by atoms with Crippen LogP contribution in [0.5, 0.6) is 0 Å². The standard InChI is InChI=1S/C17H23ClN4O3/c18-14-8-6-13(7-9-14)16-19-11-12-22(16)17(24)20-10-4-2-1-3-5-15(23)21-25/h6-9,25H,1-5,10-12H2,(H,20,24)(H,21,23). The van der Waals surface area contributed by atoms with E-state index < -0.39 is 0 Å². The van der Waals surface area contributed by atoms with Crippen molar-refractivity contribution in [3.63, 3.8) is 0 Å². The molecule has 0 saturated heterocycles. The molecule has 2 rings (SSSR count). The molecular weight excluding hydrogens is 344 g/mol. The van der Waals surface area contributed by atoms with Gasteiger partial charge in [0.15, 0.2) is 0 Å². The first-order valence-corrected chi connectivity index (χ1v) is 8.78. The third kappa shape index (κ3) is 6.03. The minimum Gasteiger partial charge on any atom is -0.338 e. The number of nitrogens with one attached hydrogen (secondary N) is 2. The Balaban J connectivity index is 1.69. The summed E-state index contributed by atoms with van der Waals surface area (Å²) in [5, 5.41) is 11.9. The topological polar surface area (TPSA) is 94.0 Å². The van der Waals surface area contributed by atoms with Crippen LogP contribution in [0.25, 0.3) is 0 Å². The predicted octanol–water partition coefficient (Wildman–Crippen LogP) is 2.57. The molecule has 1 aromatic rings. The molecule has 0 saturated carbocycles. The quantitative estimate of drug-likeness (QED) is 0.375. The van der Waals surface area contributed by atoms with Gasteiger partial charge in [-0.05, 0) is 37.1 Å². The summed E-state index contributed by atoms with van der Waals surface area (Å²) in [6.45, 7) is 1.74. The second-order valence-electron chi connectivity index (χ2n) is 5.79. The Labute approximate surface area is 152 Å². The van der Waals surface area contributed by atoms with Crippen LogP contribution in [-0.4, -0.2) is 47.5 Å². The molecule has 3 amide bonds. The fourth-order valence-electron chi connectivity index (χ4n) is 2.60. The lowest BCUT2D eigenvalue weighted by atomic mass is 10.1. The van der Waals surface area contributed by atoms with Crippen molar-refractivity contribution in [2.45, 2.75) is 32.1 Å². The van der Waals surface area contributed by atoms with Crippen molar-refractivity contribution in [3.8, 4) is 0 Å². The van der Waals surface area contributed by atoms with Gasteiger partial charge in [0.2, 0.25) is 5.91 Å². The maximum absolute atomic E-state index is 12.3. The van der Waals surface area contributed by atoms with Crippen LogP contribution in [0, 0.1) is 0 Å². The summed E-state index contributed by atoms with van der Waals surface area (Å²) in [5.74, 6) is 0.306. The minimum absolute atomic E-state index is 0.147. The highest BCUT2D eigenvalue weighted by atomic mass is 35.5. The molecule has 8 heteroatoms. The molecule has 25 heavy (non-hydrogen) atoms. The maximum atomic E-state index is 12.3. The molecule has 7 nitrogen and oxygen atoms in total. The molecule has 3 N–H and O–H groups in total. The number of halogens is 1. The van der Waals surface area contributed by atoms with Crippen LogP contribution >= 0.6 is 11.6 Å². The van der Waals surface area contributed by atoms with Crippen molar-refractivity contribution in [1.82, 2.24) is 15.7 Å². The number of carbonyl (C=O) groups is 2. The fraction of sp³-hybridized carbons (Fsp3) is 0.471. The number of hydrogen-bond donors (Lipinski definition) is 3. The molecule has 1 aliphatic heterocycles. The van der Waals surface area contributed by atoms with Gasteiger partial charge in [0.25, 0.3) is 0 Å². The largest absolute Gasteiger partial charge is 0.338 e. The van der Waals surface area contributed by atoms with E-state index in [2.05, 4.69) is 10.3 Å². The van der Waals surface area contributed by atoms with E-state index in [4.69, 9.17) is 16.8 Å². The summed E-state index contributed by atoms with van der Waals surface area (Å²) >= 11 is 5.90. The summed E-state index contributed by atoms with van der Waals surface area (Å²) < 4.78 is 0. The van der Waals surface area contributed by atoms with Gasteiger partial charge < -0.3 is 5.32 Å². The number of hydrogen-bond acceptors (Lipinski definition) is 4. The van der Waals surface area contributed by atoms with Crippen LogP contribution < -0.4 is 10.8 Å². The average Bonchev–Trinajstić information content (AvgIpc) is 3.11. The number of unbranched alkanes of at least 4 members (excludes halogenated alkanes) is 3. The average molecular weight is 367 g/mol. The Kier molecular flexibility index (Phi) is 7.69.